The SMILES string of the molecule is Cn1c(CNC(=O)CCNC(=O)/C=C/c2ccccc2)cc(=O)n(C)c1=O. The molecule has 2 aromatic rings. The van der Waals surface area contributed by atoms with Crippen LogP contribution in [-0.4, -0.2) is 27.5 Å². The largest absolute Gasteiger partial charge is 0.352 e. The number of hydrogen-bond acceptors (Lipinski definition) is 4. The highest BCUT2D eigenvalue weighted by Gasteiger charge is 2.08. The summed E-state index contributed by atoms with van der Waals surface area (Å²) < 4.78 is 2.29. The average Bonchev–Trinajstić information content (AvgIpc) is 2.67. The fourth-order valence-electron chi connectivity index (χ4n) is 2.32. The fraction of sp³-hybridized carbons (Fsp3) is 0.263. The Morgan fingerprint density at radius 3 is 2.44 bits per heavy atom. The Morgan fingerprint density at radius 1 is 1.04 bits per heavy atom. The molecule has 0 aliphatic rings. The average molecular weight is 370 g/mol. The number of benzene rings is 1. The maximum atomic E-state index is 11.9. The lowest BCUT2D eigenvalue weighted by Gasteiger charge is -2.10. The second-order valence-corrected chi connectivity index (χ2v) is 5.94. The van der Waals surface area contributed by atoms with Gasteiger partial charge in [-0.25, -0.2) is 4.79 Å². The molecule has 8 heteroatoms. The van der Waals surface area contributed by atoms with Crippen molar-refractivity contribution in [2.24, 2.45) is 14.1 Å². The van der Waals surface area contributed by atoms with Gasteiger partial charge in [-0.05, 0) is 11.6 Å². The van der Waals surface area contributed by atoms with E-state index in [0.29, 0.717) is 5.69 Å². The first-order valence-corrected chi connectivity index (χ1v) is 8.42. The zero-order valence-electron chi connectivity index (χ0n) is 15.3. The Balaban J connectivity index is 1.77. The summed E-state index contributed by atoms with van der Waals surface area (Å²) in [7, 11) is 2.92. The summed E-state index contributed by atoms with van der Waals surface area (Å²) in [5, 5.41) is 5.25. The van der Waals surface area contributed by atoms with Crippen LogP contribution in [0, 0.1) is 0 Å². The van der Waals surface area contributed by atoms with Crippen LogP contribution in [0.4, 0.5) is 0 Å². The third-order valence-electron chi connectivity index (χ3n) is 3.97. The number of carbonyl (C=O) groups excluding carboxylic acids is 2. The van der Waals surface area contributed by atoms with E-state index < -0.39 is 11.2 Å². The van der Waals surface area contributed by atoms with Crippen molar-refractivity contribution >= 4 is 17.9 Å². The van der Waals surface area contributed by atoms with Crippen LogP contribution in [-0.2, 0) is 30.2 Å². The molecule has 142 valence electrons. The highest BCUT2D eigenvalue weighted by molar-refractivity contribution is 5.92. The summed E-state index contributed by atoms with van der Waals surface area (Å²) in [4.78, 5) is 47.1. The van der Waals surface area contributed by atoms with Gasteiger partial charge in [0.1, 0.15) is 0 Å². The first-order chi connectivity index (χ1) is 12.9. The first-order valence-electron chi connectivity index (χ1n) is 8.42. The molecule has 27 heavy (non-hydrogen) atoms. The molecule has 2 amide bonds. The number of nitrogens with one attached hydrogen (secondary N) is 2. The number of nitrogens with zero attached hydrogens (tertiary/aromatic N) is 2. The lowest BCUT2D eigenvalue weighted by molar-refractivity contribution is -0.121. The number of hydrogen-bond donors (Lipinski definition) is 2. The Hall–Kier alpha value is -3.42. The smallest absolute Gasteiger partial charge is 0.330 e. The molecule has 0 atom stereocenters. The van der Waals surface area contributed by atoms with Gasteiger partial charge in [0.15, 0.2) is 0 Å². The first kappa shape index (κ1) is 19.9. The molecule has 0 spiro atoms. The molecule has 1 aromatic carbocycles. The lowest BCUT2D eigenvalue weighted by atomic mass is 10.2. The van der Waals surface area contributed by atoms with Crippen molar-refractivity contribution in [3.63, 3.8) is 0 Å². The highest BCUT2D eigenvalue weighted by Crippen LogP contribution is 2.00. The summed E-state index contributed by atoms with van der Waals surface area (Å²) in [6.45, 7) is 0.238. The zero-order valence-corrected chi connectivity index (χ0v) is 15.3. The molecule has 0 fully saturated rings. The van der Waals surface area contributed by atoms with Gasteiger partial charge in [-0.1, -0.05) is 30.3 Å². The molecule has 8 nitrogen and oxygen atoms in total. The summed E-state index contributed by atoms with van der Waals surface area (Å²) >= 11 is 0. The summed E-state index contributed by atoms with van der Waals surface area (Å²) in [5.74, 6) is -0.587. The predicted molar refractivity (Wildman–Crippen MR) is 102 cm³/mol. The van der Waals surface area contributed by atoms with Gasteiger partial charge in [0.25, 0.3) is 5.56 Å². The quantitative estimate of drug-likeness (QED) is 0.666. The van der Waals surface area contributed by atoms with E-state index in [-0.39, 0.29) is 31.3 Å². The second-order valence-electron chi connectivity index (χ2n) is 5.94. The van der Waals surface area contributed by atoms with Gasteiger partial charge in [0, 0.05) is 44.9 Å². The summed E-state index contributed by atoms with van der Waals surface area (Å²) in [6.07, 6.45) is 3.18. The van der Waals surface area contributed by atoms with Crippen LogP contribution in [0.25, 0.3) is 6.08 Å². The van der Waals surface area contributed by atoms with Crippen molar-refractivity contribution in [3.8, 4) is 0 Å². The van der Waals surface area contributed by atoms with Crippen LogP contribution in [0.15, 0.2) is 52.1 Å². The summed E-state index contributed by atoms with van der Waals surface area (Å²) in [5.41, 5.74) is 0.431. The van der Waals surface area contributed by atoms with E-state index in [1.165, 1.54) is 30.8 Å². The maximum absolute atomic E-state index is 11.9. The molecule has 0 aliphatic carbocycles. The molecular formula is C19H22N4O4. The molecular weight excluding hydrogens is 348 g/mol. The molecule has 1 heterocycles. The monoisotopic (exact) mass is 370 g/mol. The molecule has 0 bridgehead atoms. The van der Waals surface area contributed by atoms with Crippen LogP contribution in [0.5, 0.6) is 0 Å². The van der Waals surface area contributed by atoms with Crippen molar-refractivity contribution in [2.75, 3.05) is 6.54 Å². The van der Waals surface area contributed by atoms with Gasteiger partial charge >= 0.3 is 5.69 Å². The standard InChI is InChI=1S/C19H22N4O4/c1-22-15(12-18(26)23(2)19(22)27)13-21-17(25)10-11-20-16(24)9-8-14-6-4-3-5-7-14/h3-9,12H,10-11,13H2,1-2H3,(H,20,24)(H,21,25)/b9-8+. The molecule has 0 saturated heterocycles. The summed E-state index contributed by atoms with van der Waals surface area (Å²) in [6, 6.07) is 10.7. The van der Waals surface area contributed by atoms with E-state index in [0.717, 1.165) is 10.1 Å². The van der Waals surface area contributed by atoms with Crippen LogP contribution in [0.1, 0.15) is 17.7 Å². The minimum Gasteiger partial charge on any atom is -0.352 e. The number of amides is 2. The van der Waals surface area contributed by atoms with E-state index >= 15 is 0 Å². The number of aromatic nitrogens is 2. The van der Waals surface area contributed by atoms with E-state index in [4.69, 9.17) is 0 Å². The fourth-order valence-corrected chi connectivity index (χ4v) is 2.32. The molecule has 0 saturated carbocycles. The van der Waals surface area contributed by atoms with Crippen molar-refractivity contribution < 1.29 is 9.59 Å². The van der Waals surface area contributed by atoms with Crippen molar-refractivity contribution in [2.45, 2.75) is 13.0 Å². The van der Waals surface area contributed by atoms with Crippen LogP contribution < -0.4 is 21.9 Å². The van der Waals surface area contributed by atoms with Crippen molar-refractivity contribution in [1.82, 2.24) is 19.8 Å². The van der Waals surface area contributed by atoms with Gasteiger partial charge in [-0.2, -0.15) is 0 Å². The number of carbonyl (C=O) groups is 2. The normalized spacial score (nSPS) is 10.7. The van der Waals surface area contributed by atoms with Gasteiger partial charge in [-0.3, -0.25) is 23.5 Å². The van der Waals surface area contributed by atoms with E-state index in [1.807, 2.05) is 30.3 Å². The Labute approximate surface area is 156 Å². The zero-order chi connectivity index (χ0) is 19.8. The molecule has 0 aliphatic heterocycles. The van der Waals surface area contributed by atoms with Crippen LogP contribution in [0.2, 0.25) is 0 Å². The van der Waals surface area contributed by atoms with Gasteiger partial charge in [-0.15, -0.1) is 0 Å². The van der Waals surface area contributed by atoms with Crippen LogP contribution >= 0.6 is 0 Å². The third-order valence-corrected chi connectivity index (χ3v) is 3.97. The van der Waals surface area contributed by atoms with Gasteiger partial charge in [0.05, 0.1) is 6.54 Å². The minimum atomic E-state index is -0.454. The van der Waals surface area contributed by atoms with Gasteiger partial charge < -0.3 is 10.6 Å². The minimum absolute atomic E-state index is 0.0580. The third kappa shape index (κ3) is 5.81. The van der Waals surface area contributed by atoms with E-state index in [1.54, 1.807) is 6.08 Å². The number of rotatable bonds is 7. The molecule has 0 unspecified atom stereocenters. The topological polar surface area (TPSA) is 102 Å². The van der Waals surface area contributed by atoms with Crippen molar-refractivity contribution in [1.29, 1.82) is 0 Å². The Morgan fingerprint density at radius 2 is 1.74 bits per heavy atom. The molecule has 2 N–H and O–H groups in total. The maximum Gasteiger partial charge on any atom is 0.330 e. The Bertz CT molecular complexity index is 958. The van der Waals surface area contributed by atoms with E-state index in [9.17, 15) is 19.2 Å². The second kappa shape index (κ2) is 9.33. The van der Waals surface area contributed by atoms with E-state index in [2.05, 4.69) is 10.6 Å². The van der Waals surface area contributed by atoms with Crippen molar-refractivity contribution in [3.05, 3.63) is 74.6 Å². The Kier molecular flexibility index (Phi) is 6.87. The predicted octanol–water partition coefficient (Wildman–Crippen LogP) is -0.0801. The molecule has 1 aromatic heterocycles. The molecule has 0 radical (unpaired) electrons. The van der Waals surface area contributed by atoms with Gasteiger partial charge in [0.2, 0.25) is 11.8 Å². The molecule has 2 rings (SSSR count). The highest BCUT2D eigenvalue weighted by atomic mass is 16.2. The van der Waals surface area contributed by atoms with Crippen LogP contribution in [0.3, 0.4) is 0 Å². The lowest BCUT2D eigenvalue weighted by Crippen LogP contribution is -2.39.